The van der Waals surface area contributed by atoms with Gasteiger partial charge in [-0.05, 0) is 18.1 Å². The molecule has 18 heavy (non-hydrogen) atoms. The molecule has 1 aromatic heterocycles. The number of rotatable bonds is 6. The minimum absolute atomic E-state index is 0.0968. The summed E-state index contributed by atoms with van der Waals surface area (Å²) in [6, 6.07) is 4.30. The maximum Gasteiger partial charge on any atom is 0.354 e. The van der Waals surface area contributed by atoms with Crippen LogP contribution in [0.4, 0.5) is 0 Å². The van der Waals surface area contributed by atoms with Crippen LogP contribution in [0.5, 0.6) is 0 Å². The highest BCUT2D eigenvalue weighted by Crippen LogP contribution is 2.00. The van der Waals surface area contributed by atoms with Crippen molar-refractivity contribution >= 4 is 11.9 Å². The summed E-state index contributed by atoms with van der Waals surface area (Å²) in [6.07, 6.45) is 0. The van der Waals surface area contributed by atoms with Crippen LogP contribution in [0.3, 0.4) is 0 Å². The molecule has 1 rings (SSSR count). The van der Waals surface area contributed by atoms with Gasteiger partial charge < -0.3 is 15.2 Å². The van der Waals surface area contributed by atoms with Crippen LogP contribution >= 0.6 is 0 Å². The van der Waals surface area contributed by atoms with Gasteiger partial charge in [0.15, 0.2) is 0 Å². The van der Waals surface area contributed by atoms with Crippen LogP contribution in [0, 0.1) is 5.92 Å². The van der Waals surface area contributed by atoms with Crippen LogP contribution in [-0.4, -0.2) is 42.2 Å². The van der Waals surface area contributed by atoms with Crippen molar-refractivity contribution in [1.29, 1.82) is 0 Å². The first-order valence-corrected chi connectivity index (χ1v) is 5.52. The number of aromatic carboxylic acids is 1. The lowest BCUT2D eigenvalue weighted by Gasteiger charge is -2.11. The molecule has 0 fully saturated rings. The average molecular weight is 252 g/mol. The van der Waals surface area contributed by atoms with Crippen molar-refractivity contribution in [2.45, 2.75) is 6.92 Å². The molecular weight excluding hydrogens is 236 g/mol. The Morgan fingerprint density at radius 2 is 2.11 bits per heavy atom. The number of pyridine rings is 1. The van der Waals surface area contributed by atoms with Crippen molar-refractivity contribution in [2.24, 2.45) is 5.92 Å². The van der Waals surface area contributed by atoms with Crippen molar-refractivity contribution in [1.82, 2.24) is 10.3 Å². The first-order chi connectivity index (χ1) is 8.54. The molecule has 1 heterocycles. The van der Waals surface area contributed by atoms with Gasteiger partial charge in [0, 0.05) is 13.7 Å². The minimum atomic E-state index is -1.16. The highest BCUT2D eigenvalue weighted by atomic mass is 16.5. The van der Waals surface area contributed by atoms with Crippen LogP contribution in [0.2, 0.25) is 0 Å². The fraction of sp³-hybridized carbons (Fsp3) is 0.417. The molecule has 1 aromatic rings. The van der Waals surface area contributed by atoms with Crippen LogP contribution < -0.4 is 5.32 Å². The molecule has 0 saturated heterocycles. The molecule has 0 radical (unpaired) electrons. The highest BCUT2D eigenvalue weighted by molar-refractivity contribution is 5.94. The largest absolute Gasteiger partial charge is 0.477 e. The lowest BCUT2D eigenvalue weighted by molar-refractivity contribution is 0.0690. The van der Waals surface area contributed by atoms with Gasteiger partial charge >= 0.3 is 5.97 Å². The fourth-order valence-electron chi connectivity index (χ4n) is 1.38. The molecule has 1 atom stereocenters. The van der Waals surface area contributed by atoms with E-state index < -0.39 is 5.97 Å². The molecule has 0 bridgehead atoms. The van der Waals surface area contributed by atoms with Crippen molar-refractivity contribution in [3.8, 4) is 0 Å². The van der Waals surface area contributed by atoms with E-state index in [1.807, 2.05) is 6.92 Å². The number of carbonyl (C=O) groups is 2. The second kappa shape index (κ2) is 6.70. The Kier molecular flexibility index (Phi) is 5.26. The molecule has 0 spiro atoms. The third-order valence-electron chi connectivity index (χ3n) is 2.26. The molecule has 98 valence electrons. The Labute approximate surface area is 105 Å². The Balaban J connectivity index is 2.61. The smallest absolute Gasteiger partial charge is 0.354 e. The maximum absolute atomic E-state index is 11.7. The predicted molar refractivity (Wildman–Crippen MR) is 64.6 cm³/mol. The summed E-state index contributed by atoms with van der Waals surface area (Å²) >= 11 is 0. The summed E-state index contributed by atoms with van der Waals surface area (Å²) in [5, 5.41) is 11.4. The predicted octanol–water partition coefficient (Wildman–Crippen LogP) is 0.792. The zero-order valence-corrected chi connectivity index (χ0v) is 10.3. The highest BCUT2D eigenvalue weighted by Gasteiger charge is 2.12. The second-order valence-electron chi connectivity index (χ2n) is 3.98. The van der Waals surface area contributed by atoms with E-state index in [4.69, 9.17) is 9.84 Å². The normalized spacial score (nSPS) is 11.9. The van der Waals surface area contributed by atoms with Gasteiger partial charge in [-0.2, -0.15) is 0 Å². The number of methoxy groups -OCH3 is 1. The molecule has 1 amide bonds. The molecule has 6 nitrogen and oxygen atoms in total. The molecule has 2 N–H and O–H groups in total. The van der Waals surface area contributed by atoms with Crippen molar-refractivity contribution in [3.63, 3.8) is 0 Å². The van der Waals surface area contributed by atoms with E-state index in [9.17, 15) is 9.59 Å². The number of amides is 1. The number of carboxylic acid groups (broad SMARTS) is 1. The fourth-order valence-corrected chi connectivity index (χ4v) is 1.38. The minimum Gasteiger partial charge on any atom is -0.477 e. The lowest BCUT2D eigenvalue weighted by Crippen LogP contribution is -2.30. The Morgan fingerprint density at radius 3 is 2.72 bits per heavy atom. The number of ether oxygens (including phenoxy) is 1. The number of nitrogens with one attached hydrogen (secondary N) is 1. The third kappa shape index (κ3) is 4.14. The van der Waals surface area contributed by atoms with Crippen LogP contribution in [0.15, 0.2) is 18.2 Å². The lowest BCUT2D eigenvalue weighted by atomic mass is 10.2. The van der Waals surface area contributed by atoms with E-state index in [1.165, 1.54) is 18.2 Å². The first kappa shape index (κ1) is 14.1. The first-order valence-electron chi connectivity index (χ1n) is 5.52. The van der Waals surface area contributed by atoms with Crippen LogP contribution in [-0.2, 0) is 4.74 Å². The number of carbonyl (C=O) groups excluding carboxylic acids is 1. The molecule has 0 saturated carbocycles. The van der Waals surface area contributed by atoms with E-state index in [1.54, 1.807) is 7.11 Å². The molecular formula is C12H16N2O4. The van der Waals surface area contributed by atoms with Gasteiger partial charge in [-0.25, -0.2) is 9.78 Å². The number of hydrogen-bond acceptors (Lipinski definition) is 4. The van der Waals surface area contributed by atoms with Gasteiger partial charge in [-0.3, -0.25) is 4.79 Å². The third-order valence-corrected chi connectivity index (χ3v) is 2.26. The SMILES string of the molecule is COCC(C)CNC(=O)c1cccc(C(=O)O)n1. The van der Waals surface area contributed by atoms with E-state index in [2.05, 4.69) is 10.3 Å². The standard InChI is InChI=1S/C12H16N2O4/c1-8(7-18-2)6-13-11(15)9-4-3-5-10(14-9)12(16)17/h3-5,8H,6-7H2,1-2H3,(H,13,15)(H,16,17). The van der Waals surface area contributed by atoms with Gasteiger partial charge in [0.1, 0.15) is 11.4 Å². The molecule has 0 aliphatic carbocycles. The van der Waals surface area contributed by atoms with Gasteiger partial charge in [0.2, 0.25) is 0 Å². The summed E-state index contributed by atoms with van der Waals surface area (Å²) in [7, 11) is 1.59. The van der Waals surface area contributed by atoms with Crippen LogP contribution in [0.1, 0.15) is 27.9 Å². The monoisotopic (exact) mass is 252 g/mol. The summed E-state index contributed by atoms with van der Waals surface area (Å²) in [4.78, 5) is 26.2. The number of hydrogen-bond donors (Lipinski definition) is 2. The Hall–Kier alpha value is -1.95. The van der Waals surface area contributed by atoms with Crippen molar-refractivity contribution in [3.05, 3.63) is 29.6 Å². The van der Waals surface area contributed by atoms with E-state index >= 15 is 0 Å². The number of aromatic nitrogens is 1. The molecule has 0 aliphatic heterocycles. The topological polar surface area (TPSA) is 88.5 Å². The Bertz CT molecular complexity index is 434. The second-order valence-corrected chi connectivity index (χ2v) is 3.98. The van der Waals surface area contributed by atoms with Gasteiger partial charge in [-0.1, -0.05) is 13.0 Å². The van der Waals surface area contributed by atoms with Crippen LogP contribution in [0.25, 0.3) is 0 Å². The van der Waals surface area contributed by atoms with Crippen molar-refractivity contribution < 1.29 is 19.4 Å². The summed E-state index contributed by atoms with van der Waals surface area (Å²) < 4.78 is 4.95. The van der Waals surface area contributed by atoms with Crippen molar-refractivity contribution in [2.75, 3.05) is 20.3 Å². The molecule has 1 unspecified atom stereocenters. The van der Waals surface area contributed by atoms with E-state index in [0.29, 0.717) is 13.2 Å². The zero-order chi connectivity index (χ0) is 13.5. The van der Waals surface area contributed by atoms with Gasteiger partial charge in [0.05, 0.1) is 6.61 Å². The number of carboxylic acids is 1. The maximum atomic E-state index is 11.7. The summed E-state index contributed by atoms with van der Waals surface area (Å²) in [5.41, 5.74) is -0.0490. The summed E-state index contributed by atoms with van der Waals surface area (Å²) in [6.45, 7) is 2.93. The summed E-state index contributed by atoms with van der Waals surface area (Å²) in [5.74, 6) is -1.36. The molecule has 0 aromatic carbocycles. The van der Waals surface area contributed by atoms with E-state index in [-0.39, 0.29) is 23.2 Å². The molecule has 6 heteroatoms. The van der Waals surface area contributed by atoms with Gasteiger partial charge in [-0.15, -0.1) is 0 Å². The zero-order valence-electron chi connectivity index (χ0n) is 10.3. The Morgan fingerprint density at radius 1 is 1.44 bits per heavy atom. The quantitative estimate of drug-likeness (QED) is 0.781. The van der Waals surface area contributed by atoms with E-state index in [0.717, 1.165) is 0 Å². The molecule has 0 aliphatic rings. The van der Waals surface area contributed by atoms with Gasteiger partial charge in [0.25, 0.3) is 5.91 Å². The average Bonchev–Trinajstić information content (AvgIpc) is 2.36. The number of nitrogens with zero attached hydrogens (tertiary/aromatic N) is 1.